The van der Waals surface area contributed by atoms with Crippen LogP contribution in [0.4, 0.5) is 0 Å². The molecule has 2 aromatic rings. The Morgan fingerprint density at radius 2 is 1.42 bits per heavy atom. The molecule has 0 fully saturated rings. The van der Waals surface area contributed by atoms with E-state index in [1.807, 2.05) is 0 Å². The van der Waals surface area contributed by atoms with Crippen LogP contribution in [0, 0.1) is 0 Å². The highest BCUT2D eigenvalue weighted by Crippen LogP contribution is 2.34. The molecule has 0 bridgehead atoms. The zero-order chi connectivity index (χ0) is 14.4. The van der Waals surface area contributed by atoms with Crippen molar-refractivity contribution in [2.75, 3.05) is 0 Å². The van der Waals surface area contributed by atoms with Crippen LogP contribution in [0.25, 0.3) is 10.8 Å². The Kier molecular flexibility index (Phi) is 3.31. The molecule has 19 heavy (non-hydrogen) atoms. The maximum atomic E-state index is 11.4. The molecule has 0 unspecified atom stereocenters. The molecule has 0 aliphatic rings. The molecule has 2 N–H and O–H groups in total. The van der Waals surface area contributed by atoms with Crippen molar-refractivity contribution in [1.82, 2.24) is 0 Å². The zero-order valence-electron chi connectivity index (χ0n) is 9.11. The lowest BCUT2D eigenvalue weighted by Gasteiger charge is -2.10. The van der Waals surface area contributed by atoms with E-state index in [1.165, 1.54) is 18.2 Å². The molecular weight excluding hydrogens is 316 g/mol. The van der Waals surface area contributed by atoms with Crippen LogP contribution in [0.5, 0.6) is 0 Å². The highest BCUT2D eigenvalue weighted by Gasteiger charge is 2.27. The molecule has 0 atom stereocenters. The first-order valence-corrected chi connectivity index (χ1v) is 8.04. The van der Waals surface area contributed by atoms with Crippen molar-refractivity contribution in [3.8, 4) is 0 Å². The molecule has 9 heteroatoms. The van der Waals surface area contributed by atoms with Gasteiger partial charge >= 0.3 is 0 Å². The van der Waals surface area contributed by atoms with Gasteiger partial charge in [-0.05, 0) is 6.07 Å². The van der Waals surface area contributed by atoms with E-state index in [4.69, 9.17) is 16.2 Å². The summed E-state index contributed by atoms with van der Waals surface area (Å²) in [5.74, 6) is 0. The minimum Gasteiger partial charge on any atom is -0.282 e. The van der Waals surface area contributed by atoms with Crippen LogP contribution < -0.4 is 0 Å². The number of hydrogen-bond donors (Lipinski definition) is 2. The zero-order valence-corrected chi connectivity index (χ0v) is 11.5. The van der Waals surface area contributed by atoms with Crippen molar-refractivity contribution < 1.29 is 25.9 Å². The Morgan fingerprint density at radius 1 is 0.895 bits per heavy atom. The predicted molar refractivity (Wildman–Crippen MR) is 68.6 cm³/mol. The van der Waals surface area contributed by atoms with Crippen LogP contribution in [0.1, 0.15) is 0 Å². The van der Waals surface area contributed by atoms with Gasteiger partial charge in [-0.15, -0.1) is 0 Å². The van der Waals surface area contributed by atoms with Gasteiger partial charge in [-0.3, -0.25) is 9.11 Å². The molecule has 0 aliphatic heterocycles. The lowest BCUT2D eigenvalue weighted by Crippen LogP contribution is -2.09. The summed E-state index contributed by atoms with van der Waals surface area (Å²) in [6.07, 6.45) is 0. The Bertz CT molecular complexity index is 870. The van der Waals surface area contributed by atoms with Crippen LogP contribution in [0.3, 0.4) is 0 Å². The highest BCUT2D eigenvalue weighted by atomic mass is 35.5. The van der Waals surface area contributed by atoms with E-state index < -0.39 is 30.0 Å². The third-order valence-corrected chi connectivity index (χ3v) is 4.72. The predicted octanol–water partition coefficient (Wildman–Crippen LogP) is 1.99. The quantitative estimate of drug-likeness (QED) is 0.818. The molecule has 102 valence electrons. The molecular formula is C10H7ClO6S2. The summed E-state index contributed by atoms with van der Waals surface area (Å²) in [5.41, 5.74) is 0. The fourth-order valence-corrected chi connectivity index (χ4v) is 4.09. The van der Waals surface area contributed by atoms with Crippen LogP contribution in [0.2, 0.25) is 5.02 Å². The number of hydrogen-bond acceptors (Lipinski definition) is 4. The molecule has 0 radical (unpaired) electrons. The summed E-state index contributed by atoms with van der Waals surface area (Å²) in [4.78, 5) is -1.85. The Labute approximate surface area is 114 Å². The molecule has 2 rings (SSSR count). The minimum absolute atomic E-state index is 0.0596. The SMILES string of the molecule is O=S(=O)(O)c1cc(Cl)c2ccccc2c1S(=O)(=O)O. The molecule has 0 spiro atoms. The smallest absolute Gasteiger partial charge is 0.282 e. The van der Waals surface area contributed by atoms with E-state index in [9.17, 15) is 21.4 Å². The van der Waals surface area contributed by atoms with E-state index in [1.54, 1.807) is 6.07 Å². The summed E-state index contributed by atoms with van der Waals surface area (Å²) in [6.45, 7) is 0. The average Bonchev–Trinajstić information content (AvgIpc) is 2.26. The van der Waals surface area contributed by atoms with E-state index in [2.05, 4.69) is 0 Å². The lowest BCUT2D eigenvalue weighted by molar-refractivity contribution is 0.468. The third kappa shape index (κ3) is 2.58. The number of benzene rings is 2. The van der Waals surface area contributed by atoms with Gasteiger partial charge in [-0.2, -0.15) is 16.8 Å². The van der Waals surface area contributed by atoms with Gasteiger partial charge in [0.05, 0.1) is 0 Å². The van der Waals surface area contributed by atoms with Gasteiger partial charge in [0.15, 0.2) is 0 Å². The standard InChI is InChI=1S/C10H7ClO6S2/c11-8-5-9(18(12,13)14)10(19(15,16)17)7-4-2-1-3-6(7)8/h1-5H,(H,12,13,14)(H,15,16,17). The lowest BCUT2D eigenvalue weighted by atomic mass is 10.1. The Hall–Kier alpha value is -1.19. The molecule has 0 saturated carbocycles. The van der Waals surface area contributed by atoms with Crippen molar-refractivity contribution >= 4 is 42.6 Å². The maximum absolute atomic E-state index is 11.4. The van der Waals surface area contributed by atoms with E-state index in [0.29, 0.717) is 0 Å². The van der Waals surface area contributed by atoms with Gasteiger partial charge in [-0.25, -0.2) is 0 Å². The molecule has 0 heterocycles. The van der Waals surface area contributed by atoms with Crippen LogP contribution in [-0.2, 0) is 20.2 Å². The second kappa shape index (κ2) is 4.43. The van der Waals surface area contributed by atoms with Gasteiger partial charge in [0, 0.05) is 15.8 Å². The van der Waals surface area contributed by atoms with Crippen molar-refractivity contribution in [2.24, 2.45) is 0 Å². The van der Waals surface area contributed by atoms with Crippen molar-refractivity contribution in [1.29, 1.82) is 0 Å². The van der Waals surface area contributed by atoms with Gasteiger partial charge < -0.3 is 0 Å². The number of rotatable bonds is 2. The van der Waals surface area contributed by atoms with E-state index in [0.717, 1.165) is 6.07 Å². The van der Waals surface area contributed by atoms with Gasteiger partial charge in [-0.1, -0.05) is 35.9 Å². The second-order valence-electron chi connectivity index (χ2n) is 3.68. The van der Waals surface area contributed by atoms with Gasteiger partial charge in [0.25, 0.3) is 20.2 Å². The van der Waals surface area contributed by atoms with Gasteiger partial charge in [0.1, 0.15) is 9.79 Å². The van der Waals surface area contributed by atoms with Crippen LogP contribution >= 0.6 is 11.6 Å². The molecule has 0 aliphatic carbocycles. The van der Waals surface area contributed by atoms with Crippen LogP contribution in [-0.4, -0.2) is 25.9 Å². The molecule has 0 saturated heterocycles. The fourth-order valence-electron chi connectivity index (χ4n) is 1.74. The van der Waals surface area contributed by atoms with Crippen molar-refractivity contribution in [3.05, 3.63) is 35.4 Å². The maximum Gasteiger partial charge on any atom is 0.296 e. The summed E-state index contributed by atoms with van der Waals surface area (Å²) in [7, 11) is -9.71. The monoisotopic (exact) mass is 322 g/mol. The second-order valence-corrected chi connectivity index (χ2v) is 6.84. The molecule has 2 aromatic carbocycles. The van der Waals surface area contributed by atoms with E-state index in [-0.39, 0.29) is 15.8 Å². The summed E-state index contributed by atoms with van der Waals surface area (Å²) < 4.78 is 63.4. The first-order valence-electron chi connectivity index (χ1n) is 4.78. The number of fused-ring (bicyclic) bond motifs is 1. The molecule has 6 nitrogen and oxygen atoms in total. The summed E-state index contributed by atoms with van der Waals surface area (Å²) in [5, 5.41) is 0.0879. The summed E-state index contributed by atoms with van der Waals surface area (Å²) >= 11 is 5.84. The molecule has 0 amide bonds. The average molecular weight is 323 g/mol. The van der Waals surface area contributed by atoms with Crippen molar-refractivity contribution in [2.45, 2.75) is 9.79 Å². The minimum atomic E-state index is -4.86. The largest absolute Gasteiger partial charge is 0.296 e. The Morgan fingerprint density at radius 3 is 1.89 bits per heavy atom. The van der Waals surface area contributed by atoms with Crippen LogP contribution in [0.15, 0.2) is 40.1 Å². The fraction of sp³-hybridized carbons (Fsp3) is 0. The van der Waals surface area contributed by atoms with E-state index >= 15 is 0 Å². The highest BCUT2D eigenvalue weighted by molar-refractivity contribution is 7.89. The normalized spacial score (nSPS) is 12.8. The molecule has 0 aromatic heterocycles. The first kappa shape index (κ1) is 14.2. The summed E-state index contributed by atoms with van der Waals surface area (Å²) in [6, 6.07) is 6.53. The number of halogens is 1. The third-order valence-electron chi connectivity index (χ3n) is 2.45. The van der Waals surface area contributed by atoms with Gasteiger partial charge in [0.2, 0.25) is 0 Å². The first-order chi connectivity index (χ1) is 8.62. The Balaban J connectivity index is 3.16. The van der Waals surface area contributed by atoms with Crippen molar-refractivity contribution in [3.63, 3.8) is 0 Å². The topological polar surface area (TPSA) is 109 Å².